The van der Waals surface area contributed by atoms with E-state index in [1.807, 2.05) is 11.9 Å². The predicted octanol–water partition coefficient (Wildman–Crippen LogP) is 3.17. The molecule has 0 unspecified atom stereocenters. The summed E-state index contributed by atoms with van der Waals surface area (Å²) in [5, 5.41) is 0.353. The molecule has 140 valence electrons. The van der Waals surface area contributed by atoms with Gasteiger partial charge in [0.2, 0.25) is 0 Å². The number of anilines is 2. The monoisotopic (exact) mass is 401 g/mol. The van der Waals surface area contributed by atoms with E-state index in [4.69, 9.17) is 11.6 Å². The van der Waals surface area contributed by atoms with Gasteiger partial charge in [0.15, 0.2) is 0 Å². The van der Waals surface area contributed by atoms with E-state index in [-0.39, 0.29) is 5.69 Å². The fraction of sp³-hybridized carbons (Fsp3) is 0.294. The smallest absolute Gasteiger partial charge is 0.262 e. The van der Waals surface area contributed by atoms with Crippen LogP contribution in [0.3, 0.4) is 0 Å². The minimum Gasteiger partial charge on any atom is -0.367 e. The SMILES string of the molecule is CN1CCN(c2ccc(Cl)cc2NS(=O)(=O)c2cc(F)cc(F)c2)CC1. The molecule has 0 atom stereocenters. The normalized spacial score (nSPS) is 15.9. The van der Waals surface area contributed by atoms with E-state index in [1.54, 1.807) is 12.1 Å². The summed E-state index contributed by atoms with van der Waals surface area (Å²) >= 11 is 6.02. The van der Waals surface area contributed by atoms with Crippen LogP contribution in [0.2, 0.25) is 5.02 Å². The third-order valence-corrected chi connectivity index (χ3v) is 5.77. The van der Waals surface area contributed by atoms with Gasteiger partial charge in [-0.3, -0.25) is 4.72 Å². The van der Waals surface area contributed by atoms with Crippen molar-refractivity contribution in [3.63, 3.8) is 0 Å². The Labute approximate surface area is 156 Å². The molecule has 2 aromatic rings. The Balaban J connectivity index is 1.94. The van der Waals surface area contributed by atoms with E-state index in [1.165, 1.54) is 6.07 Å². The summed E-state index contributed by atoms with van der Waals surface area (Å²) < 4.78 is 54.4. The van der Waals surface area contributed by atoms with Crippen molar-refractivity contribution in [2.45, 2.75) is 4.90 Å². The molecule has 0 radical (unpaired) electrons. The highest BCUT2D eigenvalue weighted by Crippen LogP contribution is 2.32. The van der Waals surface area contributed by atoms with Crippen LogP contribution >= 0.6 is 11.6 Å². The van der Waals surface area contributed by atoms with Crippen LogP contribution in [0.25, 0.3) is 0 Å². The van der Waals surface area contributed by atoms with Gasteiger partial charge >= 0.3 is 0 Å². The average Bonchev–Trinajstić information content (AvgIpc) is 2.55. The molecule has 0 bridgehead atoms. The van der Waals surface area contributed by atoms with Crippen molar-refractivity contribution in [3.05, 3.63) is 53.1 Å². The molecule has 1 aliphatic rings. The lowest BCUT2D eigenvalue weighted by atomic mass is 10.2. The Morgan fingerprint density at radius 1 is 1.00 bits per heavy atom. The second kappa shape index (κ2) is 7.38. The van der Waals surface area contributed by atoms with Crippen LogP contribution in [-0.4, -0.2) is 46.5 Å². The Morgan fingerprint density at radius 2 is 1.62 bits per heavy atom. The molecule has 1 fully saturated rings. The molecule has 0 saturated carbocycles. The first kappa shape index (κ1) is 18.9. The van der Waals surface area contributed by atoms with Crippen molar-refractivity contribution in [2.75, 3.05) is 42.8 Å². The number of likely N-dealkylation sites (N-methyl/N-ethyl adjacent to an activating group) is 1. The van der Waals surface area contributed by atoms with Crippen molar-refractivity contribution in [3.8, 4) is 0 Å². The first-order chi connectivity index (χ1) is 12.2. The molecule has 3 rings (SSSR count). The van der Waals surface area contributed by atoms with Crippen molar-refractivity contribution >= 4 is 33.0 Å². The Hall–Kier alpha value is -1.90. The molecule has 1 N–H and O–H groups in total. The third-order valence-electron chi connectivity index (χ3n) is 4.19. The summed E-state index contributed by atoms with van der Waals surface area (Å²) in [4.78, 5) is 3.73. The van der Waals surface area contributed by atoms with E-state index >= 15 is 0 Å². The Morgan fingerprint density at radius 3 is 2.23 bits per heavy atom. The van der Waals surface area contributed by atoms with Gasteiger partial charge in [-0.1, -0.05) is 11.6 Å². The zero-order chi connectivity index (χ0) is 18.9. The molecule has 0 spiro atoms. The van der Waals surface area contributed by atoms with E-state index in [2.05, 4.69) is 9.62 Å². The maximum atomic E-state index is 13.4. The largest absolute Gasteiger partial charge is 0.367 e. The summed E-state index contributed by atoms with van der Waals surface area (Å²) in [6, 6.07) is 7.06. The zero-order valence-corrected chi connectivity index (χ0v) is 15.6. The first-order valence-electron chi connectivity index (χ1n) is 7.96. The van der Waals surface area contributed by atoms with Gasteiger partial charge in [0.25, 0.3) is 10.0 Å². The van der Waals surface area contributed by atoms with Gasteiger partial charge in [0.05, 0.1) is 16.3 Å². The van der Waals surface area contributed by atoms with Gasteiger partial charge in [-0.15, -0.1) is 0 Å². The van der Waals surface area contributed by atoms with Crippen molar-refractivity contribution in [1.29, 1.82) is 0 Å². The zero-order valence-electron chi connectivity index (χ0n) is 14.0. The molecule has 1 saturated heterocycles. The number of hydrogen-bond acceptors (Lipinski definition) is 4. The molecule has 2 aromatic carbocycles. The number of benzene rings is 2. The summed E-state index contributed by atoms with van der Waals surface area (Å²) in [6.45, 7) is 3.12. The van der Waals surface area contributed by atoms with Gasteiger partial charge in [-0.2, -0.15) is 0 Å². The molecular formula is C17H18ClF2N3O2S. The number of nitrogens with one attached hydrogen (secondary N) is 1. The van der Waals surface area contributed by atoms with E-state index in [0.717, 1.165) is 38.3 Å². The highest BCUT2D eigenvalue weighted by molar-refractivity contribution is 7.92. The minimum absolute atomic E-state index is 0.270. The molecule has 9 heteroatoms. The van der Waals surface area contributed by atoms with Crippen LogP contribution in [0.5, 0.6) is 0 Å². The van der Waals surface area contributed by atoms with Crippen molar-refractivity contribution < 1.29 is 17.2 Å². The minimum atomic E-state index is -4.17. The molecule has 26 heavy (non-hydrogen) atoms. The van der Waals surface area contributed by atoms with E-state index < -0.39 is 26.6 Å². The fourth-order valence-corrected chi connectivity index (χ4v) is 4.08. The predicted molar refractivity (Wildman–Crippen MR) is 98.3 cm³/mol. The van der Waals surface area contributed by atoms with Gasteiger partial charge < -0.3 is 9.80 Å². The van der Waals surface area contributed by atoms with Gasteiger partial charge in [-0.25, -0.2) is 17.2 Å². The summed E-state index contributed by atoms with van der Waals surface area (Å²) in [7, 11) is -2.16. The lowest BCUT2D eigenvalue weighted by molar-refractivity contribution is 0.313. The lowest BCUT2D eigenvalue weighted by Crippen LogP contribution is -2.44. The van der Waals surface area contributed by atoms with Crippen LogP contribution in [0.1, 0.15) is 0 Å². The van der Waals surface area contributed by atoms with Crippen LogP contribution in [0, 0.1) is 11.6 Å². The second-order valence-corrected chi connectivity index (χ2v) is 8.28. The number of hydrogen-bond donors (Lipinski definition) is 1. The summed E-state index contributed by atoms with van der Waals surface area (Å²) in [5.41, 5.74) is 0.940. The van der Waals surface area contributed by atoms with E-state index in [0.29, 0.717) is 16.8 Å². The molecule has 0 amide bonds. The van der Waals surface area contributed by atoms with Gasteiger partial charge in [-0.05, 0) is 37.4 Å². The highest BCUT2D eigenvalue weighted by atomic mass is 35.5. The maximum absolute atomic E-state index is 13.4. The standard InChI is InChI=1S/C17H18ClF2N3O2S/c1-22-4-6-23(7-5-22)17-3-2-12(18)8-16(17)21-26(24,25)15-10-13(19)9-14(20)11-15/h2-3,8-11,21H,4-7H2,1H3. The third kappa shape index (κ3) is 4.25. The highest BCUT2D eigenvalue weighted by Gasteiger charge is 2.22. The first-order valence-corrected chi connectivity index (χ1v) is 9.83. The number of rotatable bonds is 4. The number of piperazine rings is 1. The Bertz CT molecular complexity index is 896. The number of halogens is 3. The lowest BCUT2D eigenvalue weighted by Gasteiger charge is -2.35. The van der Waals surface area contributed by atoms with Gasteiger partial charge in [0, 0.05) is 37.3 Å². The number of nitrogens with zero attached hydrogens (tertiary/aromatic N) is 2. The van der Waals surface area contributed by atoms with Crippen LogP contribution in [-0.2, 0) is 10.0 Å². The maximum Gasteiger partial charge on any atom is 0.262 e. The topological polar surface area (TPSA) is 52.6 Å². The summed E-state index contributed by atoms with van der Waals surface area (Å²) in [5.74, 6) is -1.92. The molecule has 1 aliphatic heterocycles. The number of sulfonamides is 1. The van der Waals surface area contributed by atoms with Crippen LogP contribution in [0.4, 0.5) is 20.2 Å². The average molecular weight is 402 g/mol. The van der Waals surface area contributed by atoms with Crippen molar-refractivity contribution in [2.24, 2.45) is 0 Å². The summed E-state index contributed by atoms with van der Waals surface area (Å²) in [6.07, 6.45) is 0. The molecule has 5 nitrogen and oxygen atoms in total. The second-order valence-electron chi connectivity index (χ2n) is 6.16. The molecule has 1 heterocycles. The molecular weight excluding hydrogens is 384 g/mol. The Kier molecular flexibility index (Phi) is 5.36. The van der Waals surface area contributed by atoms with Crippen LogP contribution in [0.15, 0.2) is 41.3 Å². The van der Waals surface area contributed by atoms with Gasteiger partial charge in [0.1, 0.15) is 11.6 Å². The van der Waals surface area contributed by atoms with E-state index in [9.17, 15) is 17.2 Å². The quantitative estimate of drug-likeness (QED) is 0.855. The van der Waals surface area contributed by atoms with Crippen LogP contribution < -0.4 is 9.62 Å². The fourth-order valence-electron chi connectivity index (χ4n) is 2.80. The molecule has 0 aromatic heterocycles. The van der Waals surface area contributed by atoms with Crippen molar-refractivity contribution in [1.82, 2.24) is 4.90 Å². The molecule has 0 aliphatic carbocycles.